The predicted molar refractivity (Wildman–Crippen MR) is 75.5 cm³/mol. The molecule has 1 saturated carbocycles. The third kappa shape index (κ3) is 3.14. The van der Waals surface area contributed by atoms with Crippen LogP contribution < -0.4 is 0 Å². The Morgan fingerprint density at radius 1 is 1.11 bits per heavy atom. The molecule has 104 valence electrons. The molecular weight excluding hydrogens is 222 g/mol. The summed E-state index contributed by atoms with van der Waals surface area (Å²) in [6, 6.07) is 0.645. The Hall–Kier alpha value is -0.370. The van der Waals surface area contributed by atoms with Crippen molar-refractivity contribution >= 4 is 5.78 Å². The molecule has 0 aromatic carbocycles. The molecule has 1 heterocycles. The van der Waals surface area contributed by atoms with Gasteiger partial charge in [-0.3, -0.25) is 9.69 Å². The van der Waals surface area contributed by atoms with Gasteiger partial charge < -0.3 is 0 Å². The highest BCUT2D eigenvalue weighted by atomic mass is 16.1. The zero-order valence-corrected chi connectivity index (χ0v) is 12.5. The van der Waals surface area contributed by atoms with E-state index in [0.29, 0.717) is 17.7 Å². The Morgan fingerprint density at radius 2 is 1.83 bits per heavy atom. The van der Waals surface area contributed by atoms with Gasteiger partial charge in [-0.2, -0.15) is 0 Å². The summed E-state index contributed by atoms with van der Waals surface area (Å²) in [7, 11) is 0. The van der Waals surface area contributed by atoms with Gasteiger partial charge >= 0.3 is 0 Å². The highest BCUT2D eigenvalue weighted by Gasteiger charge is 2.33. The molecule has 5 atom stereocenters. The molecule has 2 fully saturated rings. The Morgan fingerprint density at radius 3 is 2.56 bits per heavy atom. The van der Waals surface area contributed by atoms with E-state index < -0.39 is 0 Å². The molecular formula is C16H29NO. The van der Waals surface area contributed by atoms with E-state index in [1.54, 1.807) is 0 Å². The van der Waals surface area contributed by atoms with Crippen LogP contribution in [-0.4, -0.2) is 29.8 Å². The van der Waals surface area contributed by atoms with E-state index in [2.05, 4.69) is 32.6 Å². The molecule has 2 heteroatoms. The Bertz CT molecular complexity index is 301. The van der Waals surface area contributed by atoms with Crippen LogP contribution in [0.4, 0.5) is 0 Å². The Balaban J connectivity index is 1.96. The van der Waals surface area contributed by atoms with Crippen LogP contribution in [-0.2, 0) is 4.79 Å². The molecule has 18 heavy (non-hydrogen) atoms. The summed E-state index contributed by atoms with van der Waals surface area (Å²) in [5, 5.41) is 0. The molecule has 2 aliphatic rings. The third-order valence-electron chi connectivity index (χ3n) is 5.20. The molecule has 0 radical (unpaired) electrons. The lowest BCUT2D eigenvalue weighted by Crippen LogP contribution is -2.49. The number of likely N-dealkylation sites (tertiary alicyclic amines) is 1. The van der Waals surface area contributed by atoms with Crippen LogP contribution in [0.3, 0.4) is 0 Å². The highest BCUT2D eigenvalue weighted by molar-refractivity contribution is 5.81. The number of ketones is 1. The van der Waals surface area contributed by atoms with Gasteiger partial charge in [0.2, 0.25) is 0 Å². The minimum Gasteiger partial charge on any atom is -0.299 e. The number of nitrogens with zero attached hydrogens (tertiary/aromatic N) is 1. The quantitative estimate of drug-likeness (QED) is 0.750. The summed E-state index contributed by atoms with van der Waals surface area (Å²) in [5.41, 5.74) is 0. The van der Waals surface area contributed by atoms with Crippen LogP contribution in [0, 0.1) is 23.7 Å². The first-order chi connectivity index (χ1) is 8.47. The van der Waals surface area contributed by atoms with Crippen molar-refractivity contribution in [1.29, 1.82) is 0 Å². The summed E-state index contributed by atoms with van der Waals surface area (Å²) in [5.74, 6) is 3.12. The number of carbonyl (C=O) groups excluding carboxylic acids is 1. The minimum atomic E-state index is 0.314. The number of hydrogen-bond acceptors (Lipinski definition) is 2. The van der Waals surface area contributed by atoms with Gasteiger partial charge in [0.25, 0.3) is 0 Å². The second-order valence-corrected chi connectivity index (χ2v) is 7.06. The van der Waals surface area contributed by atoms with Crippen molar-refractivity contribution in [3.63, 3.8) is 0 Å². The molecule has 2 nitrogen and oxygen atoms in total. The lowest BCUT2D eigenvalue weighted by Gasteiger charge is -2.43. The lowest BCUT2D eigenvalue weighted by atomic mass is 9.79. The molecule has 0 N–H and O–H groups in total. The van der Waals surface area contributed by atoms with Crippen molar-refractivity contribution in [2.24, 2.45) is 23.7 Å². The summed E-state index contributed by atoms with van der Waals surface area (Å²) in [4.78, 5) is 14.6. The van der Waals surface area contributed by atoms with Gasteiger partial charge in [-0.15, -0.1) is 0 Å². The Kier molecular flexibility index (Phi) is 4.47. The van der Waals surface area contributed by atoms with E-state index >= 15 is 0 Å². The van der Waals surface area contributed by atoms with Crippen molar-refractivity contribution in [3.05, 3.63) is 0 Å². The normalized spacial score (nSPS) is 43.1. The molecule has 1 aliphatic carbocycles. The maximum atomic E-state index is 12.1. The smallest absolute Gasteiger partial charge is 0.137 e. The van der Waals surface area contributed by atoms with E-state index in [1.165, 1.54) is 13.0 Å². The number of Topliss-reactive ketones (excluding diaryl/α,β-unsaturated/α-hetero) is 1. The number of piperidine rings is 1. The van der Waals surface area contributed by atoms with Gasteiger partial charge in [0, 0.05) is 31.5 Å². The lowest BCUT2D eigenvalue weighted by molar-refractivity contribution is -0.126. The molecule has 0 bridgehead atoms. The van der Waals surface area contributed by atoms with Crippen LogP contribution in [0.15, 0.2) is 0 Å². The Labute approximate surface area is 112 Å². The molecule has 0 aromatic rings. The van der Waals surface area contributed by atoms with Crippen LogP contribution in [0.1, 0.15) is 53.4 Å². The van der Waals surface area contributed by atoms with Crippen molar-refractivity contribution in [1.82, 2.24) is 4.90 Å². The van der Waals surface area contributed by atoms with Gasteiger partial charge in [-0.25, -0.2) is 0 Å². The van der Waals surface area contributed by atoms with Crippen molar-refractivity contribution < 1.29 is 4.79 Å². The average molecular weight is 251 g/mol. The van der Waals surface area contributed by atoms with Crippen LogP contribution in [0.5, 0.6) is 0 Å². The standard InChI is InChI=1S/C16H29NO/c1-11-5-6-16(18)15(8-11)10-17-9-12(2)7-13(3)14(17)4/h11-15H,5-10H2,1-4H3. The highest BCUT2D eigenvalue weighted by Crippen LogP contribution is 2.31. The van der Waals surface area contributed by atoms with Gasteiger partial charge in [-0.05, 0) is 43.9 Å². The van der Waals surface area contributed by atoms with E-state index in [9.17, 15) is 4.79 Å². The molecule has 0 spiro atoms. The summed E-state index contributed by atoms with van der Waals surface area (Å²) in [6.07, 6.45) is 4.38. The molecule has 2 rings (SSSR count). The SMILES string of the molecule is CC1CCC(=O)C(CN2CC(C)CC(C)C2C)C1. The van der Waals surface area contributed by atoms with Crippen molar-refractivity contribution in [2.45, 2.75) is 59.4 Å². The first-order valence-electron chi connectivity index (χ1n) is 7.74. The van der Waals surface area contributed by atoms with Crippen LogP contribution >= 0.6 is 0 Å². The maximum absolute atomic E-state index is 12.1. The van der Waals surface area contributed by atoms with Crippen molar-refractivity contribution in [3.8, 4) is 0 Å². The van der Waals surface area contributed by atoms with E-state index in [1.807, 2.05) is 0 Å². The van der Waals surface area contributed by atoms with Gasteiger partial charge in [0.15, 0.2) is 0 Å². The van der Waals surface area contributed by atoms with Crippen LogP contribution in [0.25, 0.3) is 0 Å². The van der Waals surface area contributed by atoms with Gasteiger partial charge in [-0.1, -0.05) is 20.8 Å². The summed E-state index contributed by atoms with van der Waals surface area (Å²) < 4.78 is 0. The predicted octanol–water partition coefficient (Wildman–Crippen LogP) is 3.36. The number of carbonyl (C=O) groups is 1. The fourth-order valence-electron chi connectivity index (χ4n) is 3.86. The van der Waals surface area contributed by atoms with Gasteiger partial charge in [0.05, 0.1) is 0 Å². The second-order valence-electron chi connectivity index (χ2n) is 7.06. The molecule has 0 amide bonds. The summed E-state index contributed by atoms with van der Waals surface area (Å²) >= 11 is 0. The zero-order valence-electron chi connectivity index (χ0n) is 12.5. The molecule has 0 aromatic heterocycles. The topological polar surface area (TPSA) is 20.3 Å². The fraction of sp³-hybridized carbons (Fsp3) is 0.938. The monoisotopic (exact) mass is 251 g/mol. The van der Waals surface area contributed by atoms with Crippen molar-refractivity contribution in [2.75, 3.05) is 13.1 Å². The second kappa shape index (κ2) is 5.73. The molecule has 5 unspecified atom stereocenters. The van der Waals surface area contributed by atoms with Gasteiger partial charge in [0.1, 0.15) is 5.78 Å². The first-order valence-corrected chi connectivity index (χ1v) is 7.74. The van der Waals surface area contributed by atoms with Crippen LogP contribution in [0.2, 0.25) is 0 Å². The molecule has 1 saturated heterocycles. The average Bonchev–Trinajstić information content (AvgIpc) is 2.30. The minimum absolute atomic E-state index is 0.314. The summed E-state index contributed by atoms with van der Waals surface area (Å²) in [6.45, 7) is 11.5. The van der Waals surface area contributed by atoms with E-state index in [0.717, 1.165) is 43.6 Å². The maximum Gasteiger partial charge on any atom is 0.137 e. The fourth-order valence-corrected chi connectivity index (χ4v) is 3.86. The molecule has 1 aliphatic heterocycles. The number of rotatable bonds is 2. The van der Waals surface area contributed by atoms with E-state index in [4.69, 9.17) is 0 Å². The zero-order chi connectivity index (χ0) is 13.3. The van der Waals surface area contributed by atoms with E-state index in [-0.39, 0.29) is 0 Å². The third-order valence-corrected chi connectivity index (χ3v) is 5.20. The largest absolute Gasteiger partial charge is 0.299 e. The first kappa shape index (κ1) is 14.0. The number of hydrogen-bond donors (Lipinski definition) is 0.